The van der Waals surface area contributed by atoms with Crippen molar-refractivity contribution >= 4 is 50.4 Å². The van der Waals surface area contributed by atoms with Crippen molar-refractivity contribution in [1.29, 1.82) is 0 Å². The van der Waals surface area contributed by atoms with Gasteiger partial charge in [-0.25, -0.2) is 4.98 Å². The highest BCUT2D eigenvalue weighted by molar-refractivity contribution is 7.20. The zero-order valence-corrected chi connectivity index (χ0v) is 14.4. The molecule has 0 aliphatic rings. The van der Waals surface area contributed by atoms with Crippen LogP contribution in [0, 0.1) is 0 Å². The van der Waals surface area contributed by atoms with E-state index in [1.165, 1.54) is 11.3 Å². The number of rotatable bonds is 6. The number of halogens is 2. The fraction of sp³-hybridized carbons (Fsp3) is 0.267. The molecule has 0 saturated heterocycles. The predicted molar refractivity (Wildman–Crippen MR) is 94.4 cm³/mol. The smallest absolute Gasteiger partial charge is 0.131 e. The molecular weight excluding hydrogens is 357 g/mol. The lowest BCUT2D eigenvalue weighted by atomic mass is 10.2. The number of hydrogen-bond donors (Lipinski definition) is 3. The van der Waals surface area contributed by atoms with Gasteiger partial charge in [-0.15, -0.1) is 11.3 Å². The Morgan fingerprint density at radius 3 is 2.96 bits per heavy atom. The maximum absolute atomic E-state index is 9.13. The lowest BCUT2D eigenvalue weighted by molar-refractivity contribution is 0.266. The van der Waals surface area contributed by atoms with E-state index in [1.54, 1.807) is 12.3 Å². The number of pyridine rings is 1. The number of furan rings is 1. The molecule has 5 nitrogen and oxygen atoms in total. The molecule has 0 aliphatic heterocycles. The van der Waals surface area contributed by atoms with Gasteiger partial charge in [-0.2, -0.15) is 0 Å². The normalized spacial score (nSPS) is 12.7. The van der Waals surface area contributed by atoms with Crippen molar-refractivity contribution in [3.63, 3.8) is 0 Å². The van der Waals surface area contributed by atoms with E-state index in [2.05, 4.69) is 10.3 Å². The quantitative estimate of drug-likeness (QED) is 0.575. The Kier molecular flexibility index (Phi) is 5.08. The minimum absolute atomic E-state index is 0.0949. The summed E-state index contributed by atoms with van der Waals surface area (Å²) in [4.78, 5) is 5.20. The maximum Gasteiger partial charge on any atom is 0.131 e. The molecule has 1 unspecified atom stereocenters. The highest BCUT2D eigenvalue weighted by Crippen LogP contribution is 2.40. The van der Waals surface area contributed by atoms with Crippen LogP contribution in [0.25, 0.3) is 10.2 Å². The van der Waals surface area contributed by atoms with Gasteiger partial charge in [-0.05, 0) is 12.1 Å². The molecule has 3 aromatic heterocycles. The summed E-state index contributed by atoms with van der Waals surface area (Å²) in [6, 6.07) is 5.13. The molecule has 0 radical (unpaired) electrons. The van der Waals surface area contributed by atoms with Crippen LogP contribution in [0.15, 0.2) is 28.9 Å². The first-order valence-electron chi connectivity index (χ1n) is 6.98. The fourth-order valence-corrected chi connectivity index (χ4v) is 4.01. The Bertz CT molecular complexity index is 805. The number of fused-ring (bicyclic) bond motifs is 1. The van der Waals surface area contributed by atoms with Crippen LogP contribution in [0.3, 0.4) is 0 Å². The molecule has 3 rings (SSSR count). The molecule has 0 fully saturated rings. The van der Waals surface area contributed by atoms with E-state index >= 15 is 0 Å². The zero-order valence-electron chi connectivity index (χ0n) is 12.1. The van der Waals surface area contributed by atoms with Gasteiger partial charge < -0.3 is 20.6 Å². The minimum Gasteiger partial charge on any atom is -0.467 e. The second-order valence-electron chi connectivity index (χ2n) is 5.09. The second-order valence-corrected chi connectivity index (χ2v) is 6.96. The number of nitrogens with zero attached hydrogens (tertiary/aromatic N) is 1. The molecule has 4 N–H and O–H groups in total. The predicted octanol–water partition coefficient (Wildman–Crippen LogP) is 3.67. The first-order chi connectivity index (χ1) is 11.1. The molecule has 1 atom stereocenters. The molecule has 0 spiro atoms. The lowest BCUT2D eigenvalue weighted by Gasteiger charge is -2.06. The van der Waals surface area contributed by atoms with E-state index in [9.17, 15) is 0 Å². The molecule has 3 heterocycles. The number of aliphatic hydroxyl groups excluding tert-OH is 1. The van der Waals surface area contributed by atoms with Gasteiger partial charge in [0.15, 0.2) is 0 Å². The van der Waals surface area contributed by atoms with Crippen molar-refractivity contribution in [2.45, 2.75) is 19.0 Å². The van der Waals surface area contributed by atoms with Crippen LogP contribution < -0.4 is 11.1 Å². The van der Waals surface area contributed by atoms with Gasteiger partial charge in [0.2, 0.25) is 0 Å². The largest absolute Gasteiger partial charge is 0.467 e. The monoisotopic (exact) mass is 371 g/mol. The number of hydrogen-bond acceptors (Lipinski definition) is 6. The van der Waals surface area contributed by atoms with Gasteiger partial charge in [0, 0.05) is 23.4 Å². The number of aromatic nitrogens is 1. The summed E-state index contributed by atoms with van der Waals surface area (Å²) in [7, 11) is 0. The summed E-state index contributed by atoms with van der Waals surface area (Å²) in [5.41, 5.74) is 7.29. The Morgan fingerprint density at radius 2 is 2.26 bits per heavy atom. The summed E-state index contributed by atoms with van der Waals surface area (Å²) in [5, 5.41) is 13.3. The zero-order chi connectivity index (χ0) is 16.4. The summed E-state index contributed by atoms with van der Waals surface area (Å²) in [6.45, 7) is 0.436. The van der Waals surface area contributed by atoms with Crippen LogP contribution in [0.1, 0.15) is 10.6 Å². The molecule has 0 saturated carbocycles. The molecule has 122 valence electrons. The molecule has 23 heavy (non-hydrogen) atoms. The van der Waals surface area contributed by atoms with E-state index in [0.717, 1.165) is 21.0 Å². The van der Waals surface area contributed by atoms with E-state index in [-0.39, 0.29) is 12.6 Å². The second kappa shape index (κ2) is 7.07. The van der Waals surface area contributed by atoms with E-state index in [0.29, 0.717) is 28.7 Å². The summed E-state index contributed by atoms with van der Waals surface area (Å²) < 4.78 is 6.22. The number of thiophene rings is 1. The lowest BCUT2D eigenvalue weighted by Crippen LogP contribution is -2.26. The van der Waals surface area contributed by atoms with Crippen molar-refractivity contribution in [2.24, 2.45) is 5.73 Å². The third-order valence-corrected chi connectivity index (χ3v) is 5.28. The molecule has 0 aromatic carbocycles. The minimum atomic E-state index is -0.351. The topological polar surface area (TPSA) is 84.3 Å². The highest BCUT2D eigenvalue weighted by Gasteiger charge is 2.17. The van der Waals surface area contributed by atoms with Crippen molar-refractivity contribution in [1.82, 2.24) is 4.98 Å². The first kappa shape index (κ1) is 16.5. The van der Waals surface area contributed by atoms with Gasteiger partial charge >= 0.3 is 0 Å². The molecular formula is C15H15Cl2N3O2S. The van der Waals surface area contributed by atoms with E-state index in [4.69, 9.17) is 38.5 Å². The van der Waals surface area contributed by atoms with Gasteiger partial charge in [-0.3, -0.25) is 0 Å². The van der Waals surface area contributed by atoms with Gasteiger partial charge in [-0.1, -0.05) is 23.2 Å². The van der Waals surface area contributed by atoms with Crippen LogP contribution >= 0.6 is 34.5 Å². The third-order valence-electron chi connectivity index (χ3n) is 3.33. The van der Waals surface area contributed by atoms with Crippen molar-refractivity contribution in [3.05, 3.63) is 45.3 Å². The highest BCUT2D eigenvalue weighted by atomic mass is 35.5. The fourth-order valence-electron chi connectivity index (χ4n) is 2.21. The van der Waals surface area contributed by atoms with Crippen LogP contribution in [0.4, 0.5) is 5.69 Å². The Balaban J connectivity index is 1.95. The van der Waals surface area contributed by atoms with Crippen molar-refractivity contribution in [3.8, 4) is 0 Å². The molecule has 3 aromatic rings. The van der Waals surface area contributed by atoms with E-state index in [1.807, 2.05) is 12.1 Å². The average Bonchev–Trinajstić information content (AvgIpc) is 3.15. The molecule has 0 aliphatic carbocycles. The molecule has 0 amide bonds. The van der Waals surface area contributed by atoms with E-state index < -0.39 is 0 Å². The van der Waals surface area contributed by atoms with Gasteiger partial charge in [0.25, 0.3) is 0 Å². The number of nitrogens with one attached hydrogen (secondary N) is 1. The Hall–Kier alpha value is -1.31. The Morgan fingerprint density at radius 1 is 1.43 bits per heavy atom. The molecule has 0 bridgehead atoms. The van der Waals surface area contributed by atoms with Crippen LogP contribution in [0.2, 0.25) is 10.2 Å². The summed E-state index contributed by atoms with van der Waals surface area (Å²) >= 11 is 14.0. The van der Waals surface area contributed by atoms with Gasteiger partial charge in [0.05, 0.1) is 34.8 Å². The van der Waals surface area contributed by atoms with Crippen LogP contribution in [0.5, 0.6) is 0 Å². The Labute approximate surface area is 147 Å². The van der Waals surface area contributed by atoms with Crippen LogP contribution in [-0.4, -0.2) is 22.7 Å². The van der Waals surface area contributed by atoms with Crippen molar-refractivity contribution < 1.29 is 9.52 Å². The number of nitrogens with two attached hydrogens (primary N) is 1. The summed E-state index contributed by atoms with van der Waals surface area (Å²) in [5.74, 6) is 0.816. The van der Waals surface area contributed by atoms with Crippen LogP contribution in [-0.2, 0) is 13.0 Å². The van der Waals surface area contributed by atoms with Gasteiger partial charge in [0.1, 0.15) is 16.4 Å². The SMILES string of the molecule is NC(CO)Cc1sc2c(NCc3ccco3)cc(Cl)nc2c1Cl. The average molecular weight is 372 g/mol. The number of anilines is 1. The number of aliphatic hydroxyl groups is 1. The standard InChI is InChI=1S/C15H15Cl2N3O2S/c16-12-5-10(19-6-9-2-1-3-22-9)15-14(20-12)13(17)11(23-15)4-8(18)7-21/h1-3,5,8,21H,4,6-7,18H2,(H,19,20). The maximum atomic E-state index is 9.13. The third kappa shape index (κ3) is 3.62. The first-order valence-corrected chi connectivity index (χ1v) is 8.56. The van der Waals surface area contributed by atoms with Crippen molar-refractivity contribution in [2.75, 3.05) is 11.9 Å². The molecule has 8 heteroatoms. The summed E-state index contributed by atoms with van der Waals surface area (Å²) in [6.07, 6.45) is 2.12.